The first-order valence-electron chi connectivity index (χ1n) is 10.2. The molecule has 0 radical (unpaired) electrons. The Labute approximate surface area is 176 Å². The van der Waals surface area contributed by atoms with Gasteiger partial charge in [-0.1, -0.05) is 20.8 Å². The Kier molecular flexibility index (Phi) is 7.35. The molecule has 0 spiro atoms. The SMILES string of the molecule is C[C@H](O[Si](C)(C)C(C)(C)C)[C@@H](CC[C@H]1OC(O)[C@H]2OC(C)(C)O[C@H]21)OS(C)(=O)=O. The van der Waals surface area contributed by atoms with Gasteiger partial charge in [0.1, 0.15) is 18.3 Å². The highest BCUT2D eigenvalue weighted by atomic mass is 32.2. The Hall–Kier alpha value is -0.0731. The molecular formula is C19H38O8SSi. The molecule has 0 saturated carbocycles. The Morgan fingerprint density at radius 3 is 2.24 bits per heavy atom. The van der Waals surface area contributed by atoms with Crippen molar-refractivity contribution in [2.45, 2.75) is 115 Å². The summed E-state index contributed by atoms with van der Waals surface area (Å²) in [6.45, 7) is 16.1. The van der Waals surface area contributed by atoms with Crippen LogP contribution in [0.25, 0.3) is 0 Å². The van der Waals surface area contributed by atoms with Crippen LogP contribution < -0.4 is 0 Å². The maximum Gasteiger partial charge on any atom is 0.264 e. The second kappa shape index (κ2) is 8.46. The highest BCUT2D eigenvalue weighted by Crippen LogP contribution is 2.40. The van der Waals surface area contributed by atoms with Crippen molar-refractivity contribution in [3.63, 3.8) is 0 Å². The number of hydrogen-bond acceptors (Lipinski definition) is 8. The normalized spacial score (nSPS) is 32.2. The molecule has 10 heteroatoms. The van der Waals surface area contributed by atoms with Crippen LogP contribution in [0.1, 0.15) is 54.4 Å². The van der Waals surface area contributed by atoms with Gasteiger partial charge in [0.05, 0.1) is 18.5 Å². The topological polar surface area (TPSA) is 101 Å². The van der Waals surface area contributed by atoms with Crippen LogP contribution in [0.2, 0.25) is 18.1 Å². The maximum absolute atomic E-state index is 11.8. The molecule has 6 atom stereocenters. The second-order valence-electron chi connectivity index (χ2n) is 10.1. The van der Waals surface area contributed by atoms with E-state index in [0.29, 0.717) is 12.8 Å². The van der Waals surface area contributed by atoms with E-state index in [-0.39, 0.29) is 5.04 Å². The summed E-state index contributed by atoms with van der Waals surface area (Å²) in [7, 11) is -5.77. The highest BCUT2D eigenvalue weighted by molar-refractivity contribution is 7.86. The summed E-state index contributed by atoms with van der Waals surface area (Å²) in [4.78, 5) is 0. The molecule has 1 N–H and O–H groups in total. The van der Waals surface area contributed by atoms with Gasteiger partial charge in [0, 0.05) is 0 Å². The lowest BCUT2D eigenvalue weighted by Crippen LogP contribution is -2.47. The van der Waals surface area contributed by atoms with Crippen molar-refractivity contribution < 1.29 is 36.3 Å². The van der Waals surface area contributed by atoms with Crippen molar-refractivity contribution >= 4 is 18.4 Å². The second-order valence-corrected chi connectivity index (χ2v) is 16.5. The van der Waals surface area contributed by atoms with Crippen LogP contribution in [0.15, 0.2) is 0 Å². The molecule has 29 heavy (non-hydrogen) atoms. The lowest BCUT2D eigenvalue weighted by Gasteiger charge is -2.40. The summed E-state index contributed by atoms with van der Waals surface area (Å²) in [5.41, 5.74) is 0. The van der Waals surface area contributed by atoms with E-state index in [1.54, 1.807) is 13.8 Å². The summed E-state index contributed by atoms with van der Waals surface area (Å²) in [6.07, 6.45) is -1.64. The minimum atomic E-state index is -3.66. The van der Waals surface area contributed by atoms with Gasteiger partial charge in [0.2, 0.25) is 0 Å². The summed E-state index contributed by atoms with van der Waals surface area (Å²) in [6, 6.07) is 0. The van der Waals surface area contributed by atoms with Crippen LogP contribution >= 0.6 is 0 Å². The number of fused-ring (bicyclic) bond motifs is 1. The standard InChI is InChI=1S/C19H38O8SSi/c1-12(27-29(8,9)18(2,3)4)13(26-28(7,21)22)10-11-14-15-16(17(20)23-14)25-19(5,6)24-15/h12-17,20H,10-11H2,1-9H3/t12-,13+,14+,15-,16-,17?/m0/s1. The van der Waals surface area contributed by atoms with Gasteiger partial charge >= 0.3 is 0 Å². The molecule has 172 valence electrons. The van der Waals surface area contributed by atoms with E-state index in [1.165, 1.54) is 0 Å². The van der Waals surface area contributed by atoms with Crippen LogP contribution in [0, 0.1) is 0 Å². The third-order valence-corrected chi connectivity index (χ3v) is 11.1. The molecule has 0 aromatic carbocycles. The number of hydrogen-bond donors (Lipinski definition) is 1. The zero-order chi connectivity index (χ0) is 22.4. The monoisotopic (exact) mass is 454 g/mol. The third-order valence-electron chi connectivity index (χ3n) is 5.97. The van der Waals surface area contributed by atoms with Crippen molar-refractivity contribution in [3.05, 3.63) is 0 Å². The van der Waals surface area contributed by atoms with Crippen molar-refractivity contribution in [1.82, 2.24) is 0 Å². The third kappa shape index (κ3) is 6.46. The fraction of sp³-hybridized carbons (Fsp3) is 1.00. The highest BCUT2D eigenvalue weighted by Gasteiger charge is 2.54. The van der Waals surface area contributed by atoms with Crippen molar-refractivity contribution in [2.75, 3.05) is 6.26 Å². The molecule has 0 amide bonds. The van der Waals surface area contributed by atoms with Crippen molar-refractivity contribution in [2.24, 2.45) is 0 Å². The minimum Gasteiger partial charge on any atom is -0.412 e. The lowest BCUT2D eigenvalue weighted by atomic mass is 10.0. The lowest BCUT2D eigenvalue weighted by molar-refractivity contribution is -0.221. The molecule has 2 rings (SSSR count). The fourth-order valence-corrected chi connectivity index (χ4v) is 5.66. The van der Waals surface area contributed by atoms with Gasteiger partial charge < -0.3 is 23.7 Å². The van der Waals surface area contributed by atoms with Gasteiger partial charge in [-0.05, 0) is 51.7 Å². The molecular weight excluding hydrogens is 416 g/mol. The molecule has 2 fully saturated rings. The Morgan fingerprint density at radius 2 is 1.72 bits per heavy atom. The smallest absolute Gasteiger partial charge is 0.264 e. The predicted molar refractivity (Wildman–Crippen MR) is 111 cm³/mol. The van der Waals surface area contributed by atoms with E-state index < -0.39 is 61.0 Å². The Bertz CT molecular complexity index is 672. The van der Waals surface area contributed by atoms with Crippen LogP contribution in [-0.2, 0) is 32.9 Å². The Morgan fingerprint density at radius 1 is 1.17 bits per heavy atom. The quantitative estimate of drug-likeness (QED) is 0.441. The molecule has 2 heterocycles. The average molecular weight is 455 g/mol. The first kappa shape index (κ1) is 25.2. The zero-order valence-electron chi connectivity index (χ0n) is 19.1. The van der Waals surface area contributed by atoms with Gasteiger partial charge in [-0.25, -0.2) is 0 Å². The summed E-state index contributed by atoms with van der Waals surface area (Å²) in [5.74, 6) is -0.792. The first-order valence-corrected chi connectivity index (χ1v) is 14.9. The number of ether oxygens (including phenoxy) is 3. The van der Waals surface area contributed by atoms with E-state index in [1.807, 2.05) is 6.92 Å². The van der Waals surface area contributed by atoms with E-state index in [0.717, 1.165) is 6.26 Å². The maximum atomic E-state index is 11.8. The number of aliphatic hydroxyl groups excluding tert-OH is 1. The van der Waals surface area contributed by atoms with Gasteiger partial charge in [0.25, 0.3) is 10.1 Å². The molecule has 1 unspecified atom stereocenters. The van der Waals surface area contributed by atoms with E-state index in [2.05, 4.69) is 33.9 Å². The van der Waals surface area contributed by atoms with E-state index >= 15 is 0 Å². The molecule has 0 aromatic rings. The van der Waals surface area contributed by atoms with Crippen molar-refractivity contribution in [3.8, 4) is 0 Å². The van der Waals surface area contributed by atoms with Crippen molar-refractivity contribution in [1.29, 1.82) is 0 Å². The average Bonchev–Trinajstić information content (AvgIpc) is 2.95. The molecule has 2 saturated heterocycles. The van der Waals surface area contributed by atoms with Crippen LogP contribution in [0.3, 0.4) is 0 Å². The molecule has 0 aliphatic carbocycles. The van der Waals surface area contributed by atoms with Crippen LogP contribution in [0.4, 0.5) is 0 Å². The summed E-state index contributed by atoms with van der Waals surface area (Å²) >= 11 is 0. The van der Waals surface area contributed by atoms with Crippen LogP contribution in [-0.4, -0.2) is 70.7 Å². The van der Waals surface area contributed by atoms with Crippen LogP contribution in [0.5, 0.6) is 0 Å². The van der Waals surface area contributed by atoms with E-state index in [9.17, 15) is 13.5 Å². The zero-order valence-corrected chi connectivity index (χ0v) is 20.9. The number of rotatable bonds is 8. The fourth-order valence-electron chi connectivity index (χ4n) is 3.52. The molecule has 0 aromatic heterocycles. The molecule has 8 nitrogen and oxygen atoms in total. The summed E-state index contributed by atoms with van der Waals surface area (Å²) in [5, 5.41) is 10.1. The van der Waals surface area contributed by atoms with Gasteiger partial charge in [-0.2, -0.15) is 8.42 Å². The largest absolute Gasteiger partial charge is 0.412 e. The van der Waals surface area contributed by atoms with E-state index in [4.69, 9.17) is 22.8 Å². The molecule has 0 bridgehead atoms. The molecule has 2 aliphatic rings. The molecule has 2 aliphatic heterocycles. The van der Waals surface area contributed by atoms with Gasteiger partial charge in [0.15, 0.2) is 20.4 Å². The number of aliphatic hydroxyl groups is 1. The van der Waals surface area contributed by atoms with Gasteiger partial charge in [-0.15, -0.1) is 0 Å². The summed E-state index contributed by atoms with van der Waals surface area (Å²) < 4.78 is 52.6. The first-order chi connectivity index (χ1) is 12.9. The van der Waals surface area contributed by atoms with Gasteiger partial charge in [-0.3, -0.25) is 4.18 Å². The predicted octanol–water partition coefficient (Wildman–Crippen LogP) is 2.76. The Balaban J connectivity index is 2.07. The minimum absolute atomic E-state index is 0.0105.